The number of morpholine rings is 1. The predicted molar refractivity (Wildman–Crippen MR) is 80.4 cm³/mol. The van der Waals surface area contributed by atoms with Gasteiger partial charge in [-0.05, 0) is 29.7 Å². The number of anilines is 1. The standard InChI is InChI=1S/C15H17N3O3/c19-14(8-12-9-16-5-6-21-12)18-11-1-2-13-10(7-11)3-4-17-15(13)20/h1-4,7,12,16H,5-6,8-9H2,(H,17,20)(H,18,19). The van der Waals surface area contributed by atoms with Gasteiger partial charge < -0.3 is 20.4 Å². The number of hydrogen-bond donors (Lipinski definition) is 3. The number of rotatable bonds is 3. The molecule has 1 fully saturated rings. The van der Waals surface area contributed by atoms with Crippen molar-refractivity contribution in [2.45, 2.75) is 12.5 Å². The van der Waals surface area contributed by atoms with Crippen LogP contribution >= 0.6 is 0 Å². The summed E-state index contributed by atoms with van der Waals surface area (Å²) in [4.78, 5) is 26.2. The van der Waals surface area contributed by atoms with E-state index in [4.69, 9.17) is 4.74 Å². The van der Waals surface area contributed by atoms with E-state index in [2.05, 4.69) is 15.6 Å². The van der Waals surface area contributed by atoms with Gasteiger partial charge in [-0.2, -0.15) is 0 Å². The van der Waals surface area contributed by atoms with E-state index in [-0.39, 0.29) is 17.6 Å². The number of hydrogen-bond acceptors (Lipinski definition) is 4. The maximum Gasteiger partial charge on any atom is 0.255 e. The van der Waals surface area contributed by atoms with Gasteiger partial charge in [0.2, 0.25) is 5.91 Å². The number of amides is 1. The molecule has 2 heterocycles. The van der Waals surface area contributed by atoms with Crippen LogP contribution in [0.15, 0.2) is 35.3 Å². The monoisotopic (exact) mass is 287 g/mol. The lowest BCUT2D eigenvalue weighted by Gasteiger charge is -2.23. The van der Waals surface area contributed by atoms with E-state index in [9.17, 15) is 9.59 Å². The fourth-order valence-corrected chi connectivity index (χ4v) is 2.44. The Morgan fingerprint density at radius 2 is 2.29 bits per heavy atom. The Morgan fingerprint density at radius 3 is 3.10 bits per heavy atom. The second-order valence-electron chi connectivity index (χ2n) is 5.06. The number of ether oxygens (including phenoxy) is 1. The SMILES string of the molecule is O=C(CC1CNCCO1)Nc1ccc2c(=O)[nH]ccc2c1. The van der Waals surface area contributed by atoms with E-state index in [0.717, 1.165) is 11.9 Å². The summed E-state index contributed by atoms with van der Waals surface area (Å²) in [5.41, 5.74) is 0.550. The summed E-state index contributed by atoms with van der Waals surface area (Å²) in [6, 6.07) is 7.04. The average molecular weight is 287 g/mol. The van der Waals surface area contributed by atoms with Gasteiger partial charge in [0, 0.05) is 30.4 Å². The molecule has 21 heavy (non-hydrogen) atoms. The van der Waals surface area contributed by atoms with Crippen LogP contribution in [0.2, 0.25) is 0 Å². The van der Waals surface area contributed by atoms with Crippen LogP contribution in [0.3, 0.4) is 0 Å². The number of benzene rings is 1. The van der Waals surface area contributed by atoms with Crippen molar-refractivity contribution in [3.8, 4) is 0 Å². The molecule has 0 saturated carbocycles. The zero-order valence-corrected chi connectivity index (χ0v) is 11.5. The van der Waals surface area contributed by atoms with E-state index in [1.54, 1.807) is 30.5 Å². The van der Waals surface area contributed by atoms with Crippen LogP contribution in [-0.2, 0) is 9.53 Å². The van der Waals surface area contributed by atoms with Gasteiger partial charge in [0.05, 0.1) is 19.1 Å². The number of pyridine rings is 1. The van der Waals surface area contributed by atoms with Gasteiger partial charge in [-0.1, -0.05) is 0 Å². The van der Waals surface area contributed by atoms with E-state index in [1.807, 2.05) is 0 Å². The quantitative estimate of drug-likeness (QED) is 0.781. The minimum Gasteiger partial charge on any atom is -0.375 e. The first-order valence-corrected chi connectivity index (χ1v) is 6.96. The fourth-order valence-electron chi connectivity index (χ4n) is 2.44. The second kappa shape index (κ2) is 6.07. The number of carbonyl (C=O) groups is 1. The molecule has 0 radical (unpaired) electrons. The molecule has 1 aliphatic rings. The van der Waals surface area contributed by atoms with Crippen molar-refractivity contribution >= 4 is 22.4 Å². The third-order valence-electron chi connectivity index (χ3n) is 3.47. The van der Waals surface area contributed by atoms with Gasteiger partial charge in [0.1, 0.15) is 0 Å². The molecule has 1 aromatic carbocycles. The third kappa shape index (κ3) is 3.29. The summed E-state index contributed by atoms with van der Waals surface area (Å²) < 4.78 is 5.50. The van der Waals surface area contributed by atoms with Crippen LogP contribution in [0.5, 0.6) is 0 Å². The highest BCUT2D eigenvalue weighted by molar-refractivity contribution is 5.94. The first kappa shape index (κ1) is 13.8. The van der Waals surface area contributed by atoms with Crippen LogP contribution in [0, 0.1) is 0 Å². The number of fused-ring (bicyclic) bond motifs is 1. The molecule has 2 aromatic rings. The topological polar surface area (TPSA) is 83.2 Å². The highest BCUT2D eigenvalue weighted by atomic mass is 16.5. The van der Waals surface area contributed by atoms with Crippen molar-refractivity contribution in [3.05, 3.63) is 40.8 Å². The normalized spacial score (nSPS) is 18.6. The smallest absolute Gasteiger partial charge is 0.255 e. The summed E-state index contributed by atoms with van der Waals surface area (Å²) in [6.07, 6.45) is 1.83. The lowest BCUT2D eigenvalue weighted by atomic mass is 10.1. The molecule has 0 spiro atoms. The van der Waals surface area contributed by atoms with Crippen molar-refractivity contribution in [2.75, 3.05) is 25.0 Å². The van der Waals surface area contributed by atoms with Crippen molar-refractivity contribution in [3.63, 3.8) is 0 Å². The summed E-state index contributed by atoms with van der Waals surface area (Å²) in [7, 11) is 0. The molecule has 1 saturated heterocycles. The Morgan fingerprint density at radius 1 is 1.38 bits per heavy atom. The Hall–Kier alpha value is -2.18. The second-order valence-corrected chi connectivity index (χ2v) is 5.06. The number of aromatic amines is 1. The summed E-state index contributed by atoms with van der Waals surface area (Å²) >= 11 is 0. The molecule has 0 bridgehead atoms. The van der Waals surface area contributed by atoms with Gasteiger partial charge in [-0.25, -0.2) is 0 Å². The largest absolute Gasteiger partial charge is 0.375 e. The highest BCUT2D eigenvalue weighted by Crippen LogP contribution is 2.16. The summed E-state index contributed by atoms with van der Waals surface area (Å²) in [6.45, 7) is 2.16. The number of H-pyrrole nitrogens is 1. The van der Waals surface area contributed by atoms with Crippen molar-refractivity contribution in [1.29, 1.82) is 0 Å². The summed E-state index contributed by atoms with van der Waals surface area (Å²) in [5.74, 6) is -0.0899. The predicted octanol–water partition coefficient (Wildman–Crippen LogP) is 0.845. The fraction of sp³-hybridized carbons (Fsp3) is 0.333. The molecule has 6 nitrogen and oxygen atoms in total. The molecule has 6 heteroatoms. The molecule has 3 rings (SSSR count). The molecule has 110 valence electrons. The zero-order chi connectivity index (χ0) is 14.7. The van der Waals surface area contributed by atoms with Gasteiger partial charge in [0.25, 0.3) is 5.56 Å². The average Bonchev–Trinajstić information content (AvgIpc) is 2.48. The van der Waals surface area contributed by atoms with Gasteiger partial charge >= 0.3 is 0 Å². The lowest BCUT2D eigenvalue weighted by Crippen LogP contribution is -2.40. The minimum absolute atomic E-state index is 0.0814. The Bertz CT molecular complexity index is 705. The minimum atomic E-state index is -0.132. The molecule has 1 aromatic heterocycles. The third-order valence-corrected chi connectivity index (χ3v) is 3.47. The molecule has 3 N–H and O–H groups in total. The number of aromatic nitrogens is 1. The van der Waals surface area contributed by atoms with Crippen molar-refractivity contribution < 1.29 is 9.53 Å². The number of nitrogens with one attached hydrogen (secondary N) is 3. The molecular weight excluding hydrogens is 270 g/mol. The van der Waals surface area contributed by atoms with E-state index >= 15 is 0 Å². The first-order chi connectivity index (χ1) is 10.2. The summed E-state index contributed by atoms with van der Waals surface area (Å²) in [5, 5.41) is 7.44. The Labute approximate surface area is 121 Å². The highest BCUT2D eigenvalue weighted by Gasteiger charge is 2.17. The van der Waals surface area contributed by atoms with Gasteiger partial charge in [-0.3, -0.25) is 9.59 Å². The molecule has 1 atom stereocenters. The van der Waals surface area contributed by atoms with Crippen molar-refractivity contribution in [2.24, 2.45) is 0 Å². The lowest BCUT2D eigenvalue weighted by molar-refractivity contribution is -0.119. The van der Waals surface area contributed by atoms with Gasteiger partial charge in [-0.15, -0.1) is 0 Å². The van der Waals surface area contributed by atoms with Crippen LogP contribution in [0.1, 0.15) is 6.42 Å². The number of carbonyl (C=O) groups excluding carboxylic acids is 1. The molecule has 1 amide bonds. The van der Waals surface area contributed by atoms with E-state index in [0.29, 0.717) is 30.6 Å². The molecule has 1 aliphatic heterocycles. The Kier molecular flexibility index (Phi) is 3.98. The van der Waals surface area contributed by atoms with Crippen molar-refractivity contribution in [1.82, 2.24) is 10.3 Å². The molecule has 1 unspecified atom stereocenters. The molecule has 0 aliphatic carbocycles. The van der Waals surface area contributed by atoms with Crippen LogP contribution in [-0.4, -0.2) is 36.7 Å². The van der Waals surface area contributed by atoms with E-state index < -0.39 is 0 Å². The molecular formula is C15H17N3O3. The van der Waals surface area contributed by atoms with Crippen LogP contribution in [0.25, 0.3) is 10.8 Å². The van der Waals surface area contributed by atoms with Crippen LogP contribution < -0.4 is 16.2 Å². The maximum atomic E-state index is 12.0. The van der Waals surface area contributed by atoms with E-state index in [1.165, 1.54) is 0 Å². The Balaban J connectivity index is 1.69. The zero-order valence-electron chi connectivity index (χ0n) is 11.5. The first-order valence-electron chi connectivity index (χ1n) is 6.96. The maximum absolute atomic E-state index is 12.0. The van der Waals surface area contributed by atoms with Gasteiger partial charge in [0.15, 0.2) is 0 Å². The van der Waals surface area contributed by atoms with Crippen LogP contribution in [0.4, 0.5) is 5.69 Å².